The van der Waals surface area contributed by atoms with Gasteiger partial charge in [-0.1, -0.05) is 0 Å². The number of fused-ring (bicyclic) bond motifs is 1. The van der Waals surface area contributed by atoms with Crippen LogP contribution < -0.4 is 9.19 Å². The number of anilines is 1. The van der Waals surface area contributed by atoms with E-state index in [2.05, 4.69) is 0 Å². The van der Waals surface area contributed by atoms with Gasteiger partial charge in [-0.2, -0.15) is 0 Å². The van der Waals surface area contributed by atoms with E-state index in [1.165, 1.54) is 12.1 Å². The lowest BCUT2D eigenvalue weighted by Gasteiger charge is -2.10. The van der Waals surface area contributed by atoms with Crippen molar-refractivity contribution in [2.24, 2.45) is 0 Å². The number of halogens is 1. The number of hydrogen-bond donors (Lipinski definition) is 0. The van der Waals surface area contributed by atoms with Crippen LogP contribution in [0.1, 0.15) is 0 Å². The van der Waals surface area contributed by atoms with Crippen LogP contribution in [-0.4, -0.2) is 12.0 Å². The molecule has 1 aliphatic heterocycles. The first-order chi connectivity index (χ1) is 6.59. The summed E-state index contributed by atoms with van der Waals surface area (Å²) >= 11 is 5.86. The Morgan fingerprint density at radius 3 is 3.00 bits per heavy atom. The molecule has 1 heterocycles. The van der Waals surface area contributed by atoms with Crippen molar-refractivity contribution in [2.75, 3.05) is 11.7 Å². The third kappa shape index (κ3) is 1.38. The van der Waals surface area contributed by atoms with E-state index in [0.29, 0.717) is 11.4 Å². The number of nitro groups is 1. The zero-order chi connectivity index (χ0) is 10.3. The van der Waals surface area contributed by atoms with Crippen molar-refractivity contribution < 1.29 is 9.45 Å². The minimum Gasteiger partial charge on any atom is -0.438 e. The monoisotopic (exact) mass is 232 g/mol. The fourth-order valence-electron chi connectivity index (χ4n) is 1.18. The van der Waals surface area contributed by atoms with Crippen molar-refractivity contribution in [3.05, 3.63) is 28.3 Å². The van der Waals surface area contributed by atoms with Gasteiger partial charge in [0.2, 0.25) is 0 Å². The number of non-ortho nitro benzene ring substituents is 1. The normalized spacial score (nSPS) is 19.0. The second-order valence-electron chi connectivity index (χ2n) is 2.75. The van der Waals surface area contributed by atoms with Crippen LogP contribution in [0, 0.1) is 10.1 Å². The molecular formula is C7H6ClN2O3P. The van der Waals surface area contributed by atoms with Gasteiger partial charge >= 0.3 is 0 Å². The van der Waals surface area contributed by atoms with Crippen molar-refractivity contribution in [2.45, 2.75) is 0 Å². The summed E-state index contributed by atoms with van der Waals surface area (Å²) in [5.74, 6) is 0.596. The van der Waals surface area contributed by atoms with Crippen LogP contribution in [0.2, 0.25) is 0 Å². The van der Waals surface area contributed by atoms with E-state index in [1.54, 1.807) is 17.8 Å². The zero-order valence-corrected chi connectivity index (χ0v) is 8.83. The highest BCUT2D eigenvalue weighted by molar-refractivity contribution is 7.81. The van der Waals surface area contributed by atoms with Crippen LogP contribution in [0.25, 0.3) is 0 Å². The highest BCUT2D eigenvalue weighted by Crippen LogP contribution is 2.58. The summed E-state index contributed by atoms with van der Waals surface area (Å²) in [7, 11) is 0.543. The maximum Gasteiger partial charge on any atom is 0.296 e. The molecule has 0 saturated heterocycles. The molecule has 0 fully saturated rings. The molecule has 1 aromatic rings. The summed E-state index contributed by atoms with van der Waals surface area (Å²) in [4.78, 5) is 10.1. The lowest BCUT2D eigenvalue weighted by molar-refractivity contribution is -0.384. The van der Waals surface area contributed by atoms with Gasteiger partial charge in [0.1, 0.15) is 0 Å². The zero-order valence-electron chi connectivity index (χ0n) is 7.18. The van der Waals surface area contributed by atoms with Crippen molar-refractivity contribution in [3.63, 3.8) is 0 Å². The van der Waals surface area contributed by atoms with Crippen molar-refractivity contribution >= 4 is 30.3 Å². The molecule has 74 valence electrons. The standard InChI is InChI=1S/C7H6ClN2O3P/c1-9-6-4-5(10(11)12)2-3-7(6)13-14(9)8/h2-4H,1H3. The lowest BCUT2D eigenvalue weighted by Crippen LogP contribution is -2.02. The van der Waals surface area contributed by atoms with Crippen LogP contribution in [0.15, 0.2) is 18.2 Å². The topological polar surface area (TPSA) is 55.6 Å². The highest BCUT2D eigenvalue weighted by atomic mass is 35.7. The minimum atomic E-state index is -1.20. The van der Waals surface area contributed by atoms with Crippen LogP contribution >= 0.6 is 18.9 Å². The molecule has 1 atom stereocenters. The smallest absolute Gasteiger partial charge is 0.296 e. The lowest BCUT2D eigenvalue weighted by atomic mass is 10.2. The molecule has 0 bridgehead atoms. The molecule has 14 heavy (non-hydrogen) atoms. The largest absolute Gasteiger partial charge is 0.438 e. The van der Waals surface area contributed by atoms with Crippen LogP contribution in [0.4, 0.5) is 11.4 Å². The molecule has 0 N–H and O–H groups in total. The molecule has 1 unspecified atom stereocenters. The van der Waals surface area contributed by atoms with Gasteiger partial charge in [-0.15, -0.1) is 0 Å². The van der Waals surface area contributed by atoms with E-state index in [4.69, 9.17) is 15.8 Å². The Kier molecular flexibility index (Phi) is 2.21. The average molecular weight is 233 g/mol. The second kappa shape index (κ2) is 3.26. The maximum atomic E-state index is 10.5. The average Bonchev–Trinajstić information content (AvgIpc) is 2.43. The summed E-state index contributed by atoms with van der Waals surface area (Å²) in [6.07, 6.45) is 0. The molecule has 0 spiro atoms. The van der Waals surface area contributed by atoms with Crippen molar-refractivity contribution in [1.82, 2.24) is 0 Å². The van der Waals surface area contributed by atoms with Crippen molar-refractivity contribution in [1.29, 1.82) is 0 Å². The summed E-state index contributed by atoms with van der Waals surface area (Å²) in [6, 6.07) is 4.42. The summed E-state index contributed by atoms with van der Waals surface area (Å²) in [6.45, 7) is 0. The fourth-order valence-corrected chi connectivity index (χ4v) is 2.41. The minimum absolute atomic E-state index is 0.0427. The van der Waals surface area contributed by atoms with Gasteiger partial charge in [0, 0.05) is 19.2 Å². The number of hydrogen-bond acceptors (Lipinski definition) is 4. The number of benzene rings is 1. The van der Waals surface area contributed by atoms with Gasteiger partial charge in [-0.25, -0.2) is 0 Å². The molecule has 5 nitrogen and oxygen atoms in total. The number of rotatable bonds is 1. The van der Waals surface area contributed by atoms with Gasteiger partial charge in [0.15, 0.2) is 5.75 Å². The van der Waals surface area contributed by atoms with Crippen molar-refractivity contribution in [3.8, 4) is 5.75 Å². The molecule has 7 heteroatoms. The van der Waals surface area contributed by atoms with Gasteiger partial charge in [-0.05, 0) is 17.3 Å². The first kappa shape index (κ1) is 9.49. The fraction of sp³-hybridized carbons (Fsp3) is 0.143. The predicted molar refractivity (Wildman–Crippen MR) is 54.9 cm³/mol. The van der Waals surface area contributed by atoms with Gasteiger partial charge < -0.3 is 9.19 Å². The van der Waals surface area contributed by atoms with Crippen LogP contribution in [-0.2, 0) is 0 Å². The molecule has 0 saturated carbocycles. The Balaban J connectivity index is 2.46. The summed E-state index contributed by atoms with van der Waals surface area (Å²) in [5.41, 5.74) is 0.710. The summed E-state index contributed by atoms with van der Waals surface area (Å²) in [5, 5.41) is 10.5. The van der Waals surface area contributed by atoms with E-state index in [9.17, 15) is 10.1 Å². The SMILES string of the molecule is CN1c2cc([N+](=O)[O-])ccc2OP1Cl. The van der Waals surface area contributed by atoms with E-state index in [0.717, 1.165) is 0 Å². The van der Waals surface area contributed by atoms with E-state index < -0.39 is 12.6 Å². The third-order valence-corrected chi connectivity index (χ3v) is 3.83. The first-order valence-electron chi connectivity index (χ1n) is 3.75. The maximum absolute atomic E-state index is 10.5. The molecule has 2 rings (SSSR count). The quantitative estimate of drug-likeness (QED) is 0.424. The van der Waals surface area contributed by atoms with Gasteiger partial charge in [0.25, 0.3) is 13.3 Å². The molecule has 1 aromatic carbocycles. The van der Waals surface area contributed by atoms with Gasteiger partial charge in [-0.3, -0.25) is 10.1 Å². The Bertz CT molecular complexity index is 401. The first-order valence-corrected chi connectivity index (χ1v) is 5.87. The molecular weight excluding hydrogens is 227 g/mol. The van der Waals surface area contributed by atoms with Gasteiger partial charge in [0.05, 0.1) is 10.6 Å². The molecule has 1 aliphatic rings. The second-order valence-corrected chi connectivity index (χ2v) is 4.85. The molecule has 0 radical (unpaired) electrons. The Morgan fingerprint density at radius 2 is 2.36 bits per heavy atom. The summed E-state index contributed by atoms with van der Waals surface area (Å²) < 4.78 is 6.98. The van der Waals surface area contributed by atoms with E-state index >= 15 is 0 Å². The predicted octanol–water partition coefficient (Wildman–Crippen LogP) is 2.89. The Hall–Kier alpha value is -1.06. The molecule has 0 aliphatic carbocycles. The number of nitrogens with zero attached hydrogens (tertiary/aromatic N) is 2. The van der Waals surface area contributed by atoms with Crippen LogP contribution in [0.5, 0.6) is 5.75 Å². The highest BCUT2D eigenvalue weighted by Gasteiger charge is 2.29. The Labute approximate surface area is 86.1 Å². The third-order valence-electron chi connectivity index (χ3n) is 1.91. The molecule has 0 amide bonds. The van der Waals surface area contributed by atoms with Crippen LogP contribution in [0.3, 0.4) is 0 Å². The number of nitro benzene ring substituents is 1. The van der Waals surface area contributed by atoms with E-state index in [1.807, 2.05) is 0 Å². The molecule has 0 aromatic heterocycles. The van der Waals surface area contributed by atoms with E-state index in [-0.39, 0.29) is 5.69 Å². The Morgan fingerprint density at radius 1 is 1.64 bits per heavy atom.